The van der Waals surface area contributed by atoms with E-state index >= 15 is 0 Å². The van der Waals surface area contributed by atoms with Crippen LogP contribution in [0.4, 0.5) is 0 Å². The third-order valence-corrected chi connectivity index (χ3v) is 2.16. The molecule has 13 heavy (non-hydrogen) atoms. The van der Waals surface area contributed by atoms with Crippen LogP contribution < -0.4 is 5.73 Å². The van der Waals surface area contributed by atoms with Gasteiger partial charge >= 0.3 is 0 Å². The molecule has 2 N–H and O–H groups in total. The van der Waals surface area contributed by atoms with Crippen molar-refractivity contribution in [3.8, 4) is 0 Å². The third-order valence-electron chi connectivity index (χ3n) is 2.16. The zero-order valence-electron chi connectivity index (χ0n) is 8.96. The predicted molar refractivity (Wildman–Crippen MR) is 53.2 cm³/mol. The quantitative estimate of drug-likeness (QED) is 0.529. The van der Waals surface area contributed by atoms with Gasteiger partial charge in [-0.2, -0.15) is 0 Å². The highest BCUT2D eigenvalue weighted by molar-refractivity contribution is 5.93. The second-order valence-corrected chi connectivity index (χ2v) is 4.12. The SMILES string of the molecule is CC(C)C[C@H](N)C(=O)[C@@]1(C)CO1.[CH3-]. The summed E-state index contributed by atoms with van der Waals surface area (Å²) >= 11 is 0. The first-order valence-electron chi connectivity index (χ1n) is 4.39. The number of rotatable bonds is 4. The van der Waals surface area contributed by atoms with Gasteiger partial charge in [0.25, 0.3) is 0 Å². The van der Waals surface area contributed by atoms with Gasteiger partial charge in [0.05, 0.1) is 12.6 Å². The fourth-order valence-corrected chi connectivity index (χ4v) is 1.26. The fraction of sp³-hybridized carbons (Fsp3) is 0.800. The first kappa shape index (κ1) is 12.6. The Labute approximate surface area is 80.6 Å². The number of carbonyl (C=O) groups excluding carboxylic acids is 1. The minimum absolute atomic E-state index is 0. The largest absolute Gasteiger partial charge is 0.362 e. The molecular formula is C10H20NO2-. The minimum Gasteiger partial charge on any atom is -0.362 e. The van der Waals surface area contributed by atoms with E-state index in [-0.39, 0.29) is 19.3 Å². The van der Waals surface area contributed by atoms with Crippen molar-refractivity contribution in [1.82, 2.24) is 0 Å². The number of ketones is 1. The first-order valence-corrected chi connectivity index (χ1v) is 4.39. The maximum Gasteiger partial charge on any atom is 0.183 e. The standard InChI is InChI=1S/C9H17NO2.CH3/c1-6(2)4-7(10)8(11)9(3)5-12-9;/h6-7H,4-5,10H2,1-3H3;1H3/q;-1/t7-,9+;/m0./s1. The summed E-state index contributed by atoms with van der Waals surface area (Å²) in [6.07, 6.45) is 0.748. The van der Waals surface area contributed by atoms with E-state index in [1.54, 1.807) is 6.92 Å². The summed E-state index contributed by atoms with van der Waals surface area (Å²) in [5.41, 5.74) is 5.17. The average Bonchev–Trinajstić information content (AvgIpc) is 2.66. The van der Waals surface area contributed by atoms with Crippen LogP contribution in [0.2, 0.25) is 0 Å². The van der Waals surface area contributed by atoms with Crippen molar-refractivity contribution in [2.75, 3.05) is 6.61 Å². The Morgan fingerprint density at radius 1 is 1.62 bits per heavy atom. The van der Waals surface area contributed by atoms with E-state index in [9.17, 15) is 4.79 Å². The molecule has 1 aliphatic heterocycles. The zero-order valence-corrected chi connectivity index (χ0v) is 8.96. The molecule has 1 heterocycles. The molecule has 2 atom stereocenters. The Bertz CT molecular complexity index is 185. The number of hydrogen-bond acceptors (Lipinski definition) is 3. The summed E-state index contributed by atoms with van der Waals surface area (Å²) in [7, 11) is 0. The molecule has 0 saturated carbocycles. The molecule has 0 amide bonds. The first-order chi connectivity index (χ1) is 5.46. The monoisotopic (exact) mass is 186 g/mol. The van der Waals surface area contributed by atoms with Gasteiger partial charge < -0.3 is 17.9 Å². The van der Waals surface area contributed by atoms with Gasteiger partial charge in [0, 0.05) is 0 Å². The lowest BCUT2D eigenvalue weighted by Crippen LogP contribution is -2.40. The summed E-state index contributed by atoms with van der Waals surface area (Å²) < 4.78 is 5.03. The lowest BCUT2D eigenvalue weighted by molar-refractivity contribution is -0.125. The molecule has 0 aromatic heterocycles. The van der Waals surface area contributed by atoms with Crippen molar-refractivity contribution >= 4 is 5.78 Å². The minimum atomic E-state index is -0.547. The molecule has 0 spiro atoms. The fourth-order valence-electron chi connectivity index (χ4n) is 1.26. The summed E-state index contributed by atoms with van der Waals surface area (Å²) in [5.74, 6) is 0.516. The van der Waals surface area contributed by atoms with E-state index in [0.717, 1.165) is 6.42 Å². The maximum absolute atomic E-state index is 11.5. The van der Waals surface area contributed by atoms with Crippen LogP contribution in [0.3, 0.4) is 0 Å². The van der Waals surface area contributed by atoms with Gasteiger partial charge in [0.2, 0.25) is 0 Å². The number of epoxide rings is 1. The molecule has 0 aliphatic carbocycles. The van der Waals surface area contributed by atoms with Crippen LogP contribution in [0, 0.1) is 13.3 Å². The highest BCUT2D eigenvalue weighted by atomic mass is 16.6. The second kappa shape index (κ2) is 4.20. The smallest absolute Gasteiger partial charge is 0.183 e. The van der Waals surface area contributed by atoms with Crippen LogP contribution in [-0.2, 0) is 9.53 Å². The van der Waals surface area contributed by atoms with Crippen LogP contribution in [0.5, 0.6) is 0 Å². The van der Waals surface area contributed by atoms with E-state index in [2.05, 4.69) is 13.8 Å². The highest BCUT2D eigenvalue weighted by Gasteiger charge is 2.48. The van der Waals surface area contributed by atoms with E-state index in [4.69, 9.17) is 10.5 Å². The molecule has 0 unspecified atom stereocenters. The van der Waals surface area contributed by atoms with Crippen molar-refractivity contribution in [2.24, 2.45) is 11.7 Å². The van der Waals surface area contributed by atoms with E-state index < -0.39 is 5.60 Å². The lowest BCUT2D eigenvalue weighted by Gasteiger charge is -2.14. The number of Topliss-reactive ketones (excluding diaryl/α,β-unsaturated/α-hetero) is 1. The molecule has 0 aromatic carbocycles. The molecule has 3 nitrogen and oxygen atoms in total. The Kier molecular flexibility index (Phi) is 4.07. The molecule has 0 bridgehead atoms. The van der Waals surface area contributed by atoms with E-state index in [1.807, 2.05) is 0 Å². The van der Waals surface area contributed by atoms with E-state index in [1.165, 1.54) is 0 Å². The van der Waals surface area contributed by atoms with Gasteiger partial charge in [-0.3, -0.25) is 4.79 Å². The van der Waals surface area contributed by atoms with Crippen LogP contribution in [0.15, 0.2) is 0 Å². The normalized spacial score (nSPS) is 28.1. The third kappa shape index (κ3) is 3.08. The van der Waals surface area contributed by atoms with Crippen molar-refractivity contribution in [3.05, 3.63) is 7.43 Å². The van der Waals surface area contributed by atoms with Gasteiger partial charge in [-0.1, -0.05) is 13.8 Å². The van der Waals surface area contributed by atoms with Crippen molar-refractivity contribution < 1.29 is 9.53 Å². The number of carbonyl (C=O) groups is 1. The number of ether oxygens (including phenoxy) is 1. The topological polar surface area (TPSA) is 55.6 Å². The maximum atomic E-state index is 11.5. The van der Waals surface area contributed by atoms with Crippen molar-refractivity contribution in [2.45, 2.75) is 38.8 Å². The molecule has 1 saturated heterocycles. The second-order valence-electron chi connectivity index (χ2n) is 4.12. The number of nitrogens with two attached hydrogens (primary N) is 1. The summed E-state index contributed by atoms with van der Waals surface area (Å²) in [4.78, 5) is 11.5. The molecule has 1 aliphatic rings. The van der Waals surface area contributed by atoms with Crippen molar-refractivity contribution in [3.63, 3.8) is 0 Å². The van der Waals surface area contributed by atoms with Crippen LogP contribution in [0.1, 0.15) is 27.2 Å². The van der Waals surface area contributed by atoms with Gasteiger partial charge in [0.1, 0.15) is 5.60 Å². The molecule has 78 valence electrons. The highest BCUT2D eigenvalue weighted by Crippen LogP contribution is 2.28. The molecular weight excluding hydrogens is 166 g/mol. The molecule has 0 radical (unpaired) electrons. The summed E-state index contributed by atoms with van der Waals surface area (Å²) in [6, 6.07) is -0.350. The summed E-state index contributed by atoms with van der Waals surface area (Å²) in [6.45, 7) is 6.46. The van der Waals surface area contributed by atoms with Gasteiger partial charge in [-0.05, 0) is 19.3 Å². The van der Waals surface area contributed by atoms with Gasteiger partial charge in [-0.15, -0.1) is 0 Å². The Hall–Kier alpha value is -0.410. The predicted octanol–water partition coefficient (Wildman–Crippen LogP) is 1.17. The molecule has 0 aromatic rings. The zero-order chi connectivity index (χ0) is 9.35. The van der Waals surface area contributed by atoms with Gasteiger partial charge in [-0.25, -0.2) is 0 Å². The van der Waals surface area contributed by atoms with Gasteiger partial charge in [0.15, 0.2) is 5.78 Å². The average molecular weight is 186 g/mol. The Morgan fingerprint density at radius 2 is 2.08 bits per heavy atom. The van der Waals surface area contributed by atoms with E-state index in [0.29, 0.717) is 12.5 Å². The molecule has 1 fully saturated rings. The Morgan fingerprint density at radius 3 is 2.38 bits per heavy atom. The lowest BCUT2D eigenvalue weighted by atomic mass is 9.94. The molecule has 3 heteroatoms. The number of hydrogen-bond donors (Lipinski definition) is 1. The van der Waals surface area contributed by atoms with Crippen LogP contribution in [0.25, 0.3) is 0 Å². The summed E-state index contributed by atoms with van der Waals surface area (Å²) in [5, 5.41) is 0. The molecule has 1 rings (SSSR count). The van der Waals surface area contributed by atoms with Crippen LogP contribution in [-0.4, -0.2) is 24.0 Å². The Balaban J connectivity index is 0.00000144. The van der Waals surface area contributed by atoms with Crippen LogP contribution >= 0.6 is 0 Å². The van der Waals surface area contributed by atoms with Crippen molar-refractivity contribution in [1.29, 1.82) is 0 Å².